The predicted molar refractivity (Wildman–Crippen MR) is 316 cm³/mol. The van der Waals surface area contributed by atoms with Crippen LogP contribution >= 0.6 is 0 Å². The molecule has 0 aromatic heterocycles. The number of carbonyl (C=O) groups excluding carboxylic acids is 1. The van der Waals surface area contributed by atoms with Gasteiger partial charge in [0, 0.05) is 13.0 Å². The summed E-state index contributed by atoms with van der Waals surface area (Å²) < 4.78 is 34.5. The number of ether oxygens (including phenoxy) is 6. The second-order valence-electron chi connectivity index (χ2n) is 22.2. The van der Waals surface area contributed by atoms with Crippen molar-refractivity contribution in [3.8, 4) is 0 Å². The number of esters is 1. The van der Waals surface area contributed by atoms with Crippen molar-refractivity contribution in [2.75, 3.05) is 33.0 Å². The van der Waals surface area contributed by atoms with Crippen molar-refractivity contribution in [3.05, 3.63) is 60.8 Å². The molecule has 0 aliphatic carbocycles. The van der Waals surface area contributed by atoms with E-state index in [1.165, 1.54) is 141 Å². The number of rotatable bonds is 52. The lowest BCUT2D eigenvalue weighted by Crippen LogP contribution is -2.61. The number of hydrogen-bond acceptors (Lipinski definition) is 14. The van der Waals surface area contributed by atoms with Gasteiger partial charge in [-0.2, -0.15) is 0 Å². The van der Waals surface area contributed by atoms with Gasteiger partial charge in [-0.1, -0.05) is 216 Å². The Kier molecular flexibility index (Phi) is 47.3. The molecular formula is C65H116O14. The Morgan fingerprint density at radius 2 is 0.785 bits per heavy atom. The summed E-state index contributed by atoms with van der Waals surface area (Å²) in [4.78, 5) is 13.1. The molecule has 7 N–H and O–H groups in total. The minimum absolute atomic E-state index is 0.0540. The van der Waals surface area contributed by atoms with E-state index in [0.717, 1.165) is 77.0 Å². The van der Waals surface area contributed by atoms with Gasteiger partial charge in [0.2, 0.25) is 0 Å². The Hall–Kier alpha value is -2.31. The first-order chi connectivity index (χ1) is 38.6. The average Bonchev–Trinajstić information content (AvgIpc) is 3.45. The molecule has 11 unspecified atom stereocenters. The van der Waals surface area contributed by atoms with Gasteiger partial charge in [-0.3, -0.25) is 4.79 Å². The lowest BCUT2D eigenvalue weighted by atomic mass is 9.98. The SMILES string of the molecule is CCCCCCC/C=C\C/C=C\C/C=C\CCCCCCCCC(=O)OC(COCCCCCCCCCCCCCC/C=C\C/C=C\CCCCCCC)COC1OC(COC2OC(CO)C(O)C(O)C2O)C(O)C(O)C1O. The van der Waals surface area contributed by atoms with Crippen LogP contribution in [0.25, 0.3) is 0 Å². The molecule has 0 amide bonds. The Morgan fingerprint density at radius 1 is 0.418 bits per heavy atom. The minimum Gasteiger partial charge on any atom is -0.457 e. The summed E-state index contributed by atoms with van der Waals surface area (Å²) in [6.07, 6.45) is 48.5. The number of allylic oxidation sites excluding steroid dienone is 10. The number of carbonyl (C=O) groups is 1. The molecule has 14 nitrogen and oxygen atoms in total. The number of unbranched alkanes of at least 4 members (excludes halogenated alkanes) is 28. The Morgan fingerprint density at radius 3 is 1.23 bits per heavy atom. The lowest BCUT2D eigenvalue weighted by Gasteiger charge is -2.42. The van der Waals surface area contributed by atoms with Gasteiger partial charge in [-0.15, -0.1) is 0 Å². The van der Waals surface area contributed by atoms with Gasteiger partial charge in [0.25, 0.3) is 0 Å². The van der Waals surface area contributed by atoms with Crippen LogP contribution in [0, 0.1) is 0 Å². The maximum atomic E-state index is 13.1. The highest BCUT2D eigenvalue weighted by atomic mass is 16.7. The van der Waals surface area contributed by atoms with Crippen LogP contribution < -0.4 is 0 Å². The van der Waals surface area contributed by atoms with Gasteiger partial charge in [-0.25, -0.2) is 0 Å². The third-order valence-corrected chi connectivity index (χ3v) is 15.0. The fourth-order valence-corrected chi connectivity index (χ4v) is 9.85. The van der Waals surface area contributed by atoms with Gasteiger partial charge in [0.1, 0.15) is 54.9 Å². The Labute approximate surface area is 479 Å². The molecule has 11 atom stereocenters. The van der Waals surface area contributed by atoms with Crippen LogP contribution in [0.1, 0.15) is 245 Å². The summed E-state index contributed by atoms with van der Waals surface area (Å²) >= 11 is 0. The third-order valence-electron chi connectivity index (χ3n) is 15.0. The molecule has 2 rings (SSSR count). The second kappa shape index (κ2) is 51.3. The van der Waals surface area contributed by atoms with Gasteiger partial charge >= 0.3 is 5.97 Å². The van der Waals surface area contributed by atoms with Gasteiger partial charge in [0.05, 0.1) is 26.4 Å². The van der Waals surface area contributed by atoms with Crippen LogP contribution in [0.15, 0.2) is 60.8 Å². The fourth-order valence-electron chi connectivity index (χ4n) is 9.85. The zero-order chi connectivity index (χ0) is 57.2. The van der Waals surface area contributed by atoms with Gasteiger partial charge in [-0.05, 0) is 83.5 Å². The molecule has 460 valence electrons. The van der Waals surface area contributed by atoms with E-state index in [1.807, 2.05) is 0 Å². The van der Waals surface area contributed by atoms with E-state index in [-0.39, 0.29) is 25.6 Å². The first-order valence-corrected chi connectivity index (χ1v) is 31.9. The molecule has 2 heterocycles. The molecule has 2 aliphatic heterocycles. The van der Waals surface area contributed by atoms with Crippen molar-refractivity contribution in [2.45, 2.75) is 313 Å². The number of hydrogen-bond donors (Lipinski definition) is 7. The van der Waals surface area contributed by atoms with Crippen molar-refractivity contribution in [2.24, 2.45) is 0 Å². The smallest absolute Gasteiger partial charge is 0.306 e. The summed E-state index contributed by atoms with van der Waals surface area (Å²) in [6.45, 7) is 3.67. The van der Waals surface area contributed by atoms with E-state index in [0.29, 0.717) is 13.0 Å². The van der Waals surface area contributed by atoms with Crippen molar-refractivity contribution < 1.29 is 69.0 Å². The number of aliphatic hydroxyl groups is 7. The molecule has 0 radical (unpaired) electrons. The molecule has 0 bridgehead atoms. The fraction of sp³-hybridized carbons (Fsp3) is 0.831. The first kappa shape index (κ1) is 72.8. The molecule has 0 saturated carbocycles. The highest BCUT2D eigenvalue weighted by Crippen LogP contribution is 2.27. The van der Waals surface area contributed by atoms with E-state index in [2.05, 4.69) is 74.6 Å². The Bertz CT molecular complexity index is 1540. The van der Waals surface area contributed by atoms with Crippen LogP contribution in [-0.4, -0.2) is 142 Å². The zero-order valence-corrected chi connectivity index (χ0v) is 49.6. The first-order valence-electron chi connectivity index (χ1n) is 31.9. The summed E-state index contributed by atoms with van der Waals surface area (Å²) in [5.41, 5.74) is 0. The average molecular weight is 1120 g/mol. The third kappa shape index (κ3) is 37.5. The summed E-state index contributed by atoms with van der Waals surface area (Å²) in [6, 6.07) is 0. The van der Waals surface area contributed by atoms with Crippen LogP contribution in [0.4, 0.5) is 0 Å². The van der Waals surface area contributed by atoms with Crippen LogP contribution in [0.5, 0.6) is 0 Å². The summed E-state index contributed by atoms with van der Waals surface area (Å²) in [7, 11) is 0. The molecule has 2 aliphatic rings. The van der Waals surface area contributed by atoms with Crippen LogP contribution in [-0.2, 0) is 33.2 Å². The molecule has 2 fully saturated rings. The Balaban J connectivity index is 1.69. The normalized spacial score (nSPS) is 24.4. The van der Waals surface area contributed by atoms with Crippen LogP contribution in [0.2, 0.25) is 0 Å². The molecule has 0 spiro atoms. The lowest BCUT2D eigenvalue weighted by molar-refractivity contribution is -0.332. The molecule has 79 heavy (non-hydrogen) atoms. The second-order valence-corrected chi connectivity index (χ2v) is 22.2. The standard InChI is InChI=1S/C65H116O14/c1-3-5-7-9-11-13-15-17-19-21-23-25-26-27-29-31-33-35-37-39-41-43-45-47-49-74-51-54(52-75-64-63(73)61(71)59(69)56(79-64)53-76-65-62(72)60(70)58(68)55(50-66)78-65)77-57(67)48-46-44-42-40-38-36-34-32-30-28-24-22-20-18-16-14-12-10-8-6-4-2/h15-18,21-24,30,32,54-56,58-66,68-73H,3-14,19-20,25-29,31,33-53H2,1-2H3/b17-15-,18-16-,23-21-,24-22-,32-30-. The van der Waals surface area contributed by atoms with Gasteiger partial charge < -0.3 is 64.2 Å². The quantitative estimate of drug-likeness (QED) is 0.0172. The summed E-state index contributed by atoms with van der Waals surface area (Å²) in [5.74, 6) is -0.387. The van der Waals surface area contributed by atoms with Crippen LogP contribution in [0.3, 0.4) is 0 Å². The van der Waals surface area contributed by atoms with E-state index >= 15 is 0 Å². The van der Waals surface area contributed by atoms with Crippen molar-refractivity contribution in [1.82, 2.24) is 0 Å². The van der Waals surface area contributed by atoms with E-state index < -0.39 is 80.7 Å². The van der Waals surface area contributed by atoms with E-state index in [1.54, 1.807) is 0 Å². The highest BCUT2D eigenvalue weighted by molar-refractivity contribution is 5.69. The molecule has 0 aromatic carbocycles. The van der Waals surface area contributed by atoms with Gasteiger partial charge in [0.15, 0.2) is 12.6 Å². The van der Waals surface area contributed by atoms with Crippen molar-refractivity contribution in [1.29, 1.82) is 0 Å². The topological polar surface area (TPSA) is 214 Å². The molecule has 14 heteroatoms. The largest absolute Gasteiger partial charge is 0.457 e. The minimum atomic E-state index is -1.71. The van der Waals surface area contributed by atoms with Crippen molar-refractivity contribution in [3.63, 3.8) is 0 Å². The molecule has 2 saturated heterocycles. The summed E-state index contributed by atoms with van der Waals surface area (Å²) in [5, 5.41) is 72.5. The zero-order valence-electron chi connectivity index (χ0n) is 49.6. The molecular weight excluding hydrogens is 1000 g/mol. The molecule has 0 aromatic rings. The highest BCUT2D eigenvalue weighted by Gasteiger charge is 2.47. The monoisotopic (exact) mass is 1120 g/mol. The number of aliphatic hydroxyl groups excluding tert-OH is 7. The van der Waals surface area contributed by atoms with E-state index in [9.17, 15) is 40.5 Å². The maximum Gasteiger partial charge on any atom is 0.306 e. The predicted octanol–water partition coefficient (Wildman–Crippen LogP) is 12.4. The van der Waals surface area contributed by atoms with Crippen molar-refractivity contribution >= 4 is 5.97 Å². The van der Waals surface area contributed by atoms with E-state index in [4.69, 9.17) is 28.4 Å². The maximum absolute atomic E-state index is 13.1.